The molecule has 2 fully saturated rings. The molecule has 2 saturated heterocycles. The van der Waals surface area contributed by atoms with Gasteiger partial charge in [-0.1, -0.05) is 12.1 Å². The number of para-hydroxylation sites is 1. The summed E-state index contributed by atoms with van der Waals surface area (Å²) in [6.07, 6.45) is 5.94. The van der Waals surface area contributed by atoms with Crippen molar-refractivity contribution < 1.29 is 14.3 Å². The van der Waals surface area contributed by atoms with Gasteiger partial charge in [0.2, 0.25) is 0 Å². The largest absolute Gasteiger partial charge is 0.490 e. The molecule has 1 aromatic rings. The third-order valence-corrected chi connectivity index (χ3v) is 5.81. The van der Waals surface area contributed by atoms with Crippen LogP contribution < -0.4 is 10.1 Å². The summed E-state index contributed by atoms with van der Waals surface area (Å²) in [5.41, 5.74) is 1.11. The maximum absolute atomic E-state index is 13.1. The molecule has 0 radical (unpaired) electrons. The zero-order chi connectivity index (χ0) is 18.2. The summed E-state index contributed by atoms with van der Waals surface area (Å²) >= 11 is 0. The number of ether oxygens (including phenoxy) is 2. The molecule has 2 aliphatic rings. The molecule has 1 spiro atoms. The highest BCUT2D eigenvalue weighted by Gasteiger charge is 2.35. The first-order chi connectivity index (χ1) is 12.7. The number of rotatable bonds is 6. The first-order valence-corrected chi connectivity index (χ1v) is 10.0. The standard InChI is InChI=1S/C21H32N2O3/c1-2-25-16-17-26-19-7-4-3-6-18(19)20(24)23-14-5-8-21(11-15-23)9-12-22-13-10-21/h3-4,6-7,22H,2,5,8-17H2,1H3. The van der Waals surface area contributed by atoms with Crippen LogP contribution in [0, 0.1) is 5.41 Å². The first kappa shape index (κ1) is 19.2. The third kappa shape index (κ3) is 4.77. The van der Waals surface area contributed by atoms with Crippen LogP contribution in [0.3, 0.4) is 0 Å². The zero-order valence-electron chi connectivity index (χ0n) is 16.0. The number of hydrogen-bond donors (Lipinski definition) is 1. The van der Waals surface area contributed by atoms with Crippen molar-refractivity contribution in [2.75, 3.05) is 46.0 Å². The Labute approximate surface area is 157 Å². The van der Waals surface area contributed by atoms with Crippen molar-refractivity contribution >= 4 is 5.91 Å². The van der Waals surface area contributed by atoms with Crippen molar-refractivity contribution in [2.45, 2.75) is 39.0 Å². The van der Waals surface area contributed by atoms with Crippen LogP contribution in [0.2, 0.25) is 0 Å². The Hall–Kier alpha value is -1.59. The number of hydrogen-bond acceptors (Lipinski definition) is 4. The van der Waals surface area contributed by atoms with Crippen molar-refractivity contribution in [1.29, 1.82) is 0 Å². The number of piperidine rings is 1. The molecule has 0 bridgehead atoms. The van der Waals surface area contributed by atoms with Gasteiger partial charge in [0.1, 0.15) is 12.4 Å². The number of nitrogens with one attached hydrogen (secondary N) is 1. The van der Waals surface area contributed by atoms with Gasteiger partial charge in [0, 0.05) is 19.7 Å². The first-order valence-electron chi connectivity index (χ1n) is 10.0. The van der Waals surface area contributed by atoms with Gasteiger partial charge in [-0.3, -0.25) is 4.79 Å². The summed E-state index contributed by atoms with van der Waals surface area (Å²) < 4.78 is 11.1. The minimum Gasteiger partial charge on any atom is -0.490 e. The Balaban J connectivity index is 1.63. The van der Waals surface area contributed by atoms with Gasteiger partial charge >= 0.3 is 0 Å². The topological polar surface area (TPSA) is 50.8 Å². The number of likely N-dealkylation sites (tertiary alicyclic amines) is 1. The number of carbonyl (C=O) groups is 1. The fourth-order valence-electron chi connectivity index (χ4n) is 4.21. The second-order valence-corrected chi connectivity index (χ2v) is 7.44. The van der Waals surface area contributed by atoms with Gasteiger partial charge < -0.3 is 19.7 Å². The molecule has 0 aromatic heterocycles. The van der Waals surface area contributed by atoms with E-state index in [0.29, 0.717) is 36.5 Å². The number of nitrogens with zero attached hydrogens (tertiary/aromatic N) is 1. The quantitative estimate of drug-likeness (QED) is 0.792. The normalized spacial score (nSPS) is 20.0. The lowest BCUT2D eigenvalue weighted by atomic mass is 9.73. The number of benzene rings is 1. The molecule has 2 heterocycles. The lowest BCUT2D eigenvalue weighted by Gasteiger charge is -2.37. The van der Waals surface area contributed by atoms with Gasteiger partial charge in [0.25, 0.3) is 5.91 Å². The predicted octanol–water partition coefficient (Wildman–Crippen LogP) is 3.10. The molecule has 144 valence electrons. The summed E-state index contributed by atoms with van der Waals surface area (Å²) in [7, 11) is 0. The summed E-state index contributed by atoms with van der Waals surface area (Å²) in [5, 5.41) is 3.47. The molecule has 5 heteroatoms. The Kier molecular flexibility index (Phi) is 6.92. The van der Waals surface area contributed by atoms with Crippen LogP contribution in [0.4, 0.5) is 0 Å². The number of carbonyl (C=O) groups excluding carboxylic acids is 1. The lowest BCUT2D eigenvalue weighted by molar-refractivity contribution is 0.0740. The second kappa shape index (κ2) is 9.38. The minimum absolute atomic E-state index is 0.1000. The van der Waals surface area contributed by atoms with Crippen molar-refractivity contribution in [2.24, 2.45) is 5.41 Å². The zero-order valence-corrected chi connectivity index (χ0v) is 16.0. The van der Waals surface area contributed by atoms with E-state index in [0.717, 1.165) is 39.0 Å². The van der Waals surface area contributed by atoms with Gasteiger partial charge in [0.15, 0.2) is 0 Å². The molecule has 2 aliphatic heterocycles. The summed E-state index contributed by atoms with van der Waals surface area (Å²) in [6.45, 7) is 7.58. The van der Waals surface area contributed by atoms with E-state index in [4.69, 9.17) is 9.47 Å². The Bertz CT molecular complexity index is 584. The van der Waals surface area contributed by atoms with Gasteiger partial charge in [-0.2, -0.15) is 0 Å². The van der Waals surface area contributed by atoms with Crippen molar-refractivity contribution in [3.63, 3.8) is 0 Å². The smallest absolute Gasteiger partial charge is 0.257 e. The van der Waals surface area contributed by atoms with E-state index in [1.54, 1.807) is 0 Å². The fraction of sp³-hybridized carbons (Fsp3) is 0.667. The Morgan fingerprint density at radius 2 is 1.92 bits per heavy atom. The molecule has 1 N–H and O–H groups in total. The molecule has 1 aromatic carbocycles. The average Bonchev–Trinajstić information content (AvgIpc) is 2.88. The molecule has 0 unspecified atom stereocenters. The highest BCUT2D eigenvalue weighted by atomic mass is 16.5. The van der Waals surface area contributed by atoms with Crippen LogP contribution in [0.1, 0.15) is 49.4 Å². The monoisotopic (exact) mass is 360 g/mol. The lowest BCUT2D eigenvalue weighted by Crippen LogP contribution is -2.38. The van der Waals surface area contributed by atoms with E-state index in [1.807, 2.05) is 36.1 Å². The van der Waals surface area contributed by atoms with Crippen LogP contribution in [0.15, 0.2) is 24.3 Å². The summed E-state index contributed by atoms with van der Waals surface area (Å²) in [5.74, 6) is 0.765. The van der Waals surface area contributed by atoms with Crippen LogP contribution in [0.25, 0.3) is 0 Å². The molecule has 0 atom stereocenters. The molecular formula is C21H32N2O3. The minimum atomic E-state index is 0.1000. The van der Waals surface area contributed by atoms with Gasteiger partial charge in [0.05, 0.1) is 12.2 Å². The highest BCUT2D eigenvalue weighted by molar-refractivity contribution is 5.97. The second-order valence-electron chi connectivity index (χ2n) is 7.44. The van der Waals surface area contributed by atoms with Crippen LogP contribution in [0.5, 0.6) is 5.75 Å². The molecule has 0 saturated carbocycles. The van der Waals surface area contributed by atoms with E-state index in [-0.39, 0.29) is 5.91 Å². The van der Waals surface area contributed by atoms with Gasteiger partial charge in [-0.05, 0) is 69.7 Å². The van der Waals surface area contributed by atoms with Crippen LogP contribution >= 0.6 is 0 Å². The highest BCUT2D eigenvalue weighted by Crippen LogP contribution is 2.39. The van der Waals surface area contributed by atoms with Gasteiger partial charge in [-0.25, -0.2) is 0 Å². The Morgan fingerprint density at radius 1 is 1.12 bits per heavy atom. The fourth-order valence-corrected chi connectivity index (χ4v) is 4.21. The molecule has 0 aliphatic carbocycles. The van der Waals surface area contributed by atoms with Gasteiger partial charge in [-0.15, -0.1) is 0 Å². The van der Waals surface area contributed by atoms with Crippen molar-refractivity contribution in [1.82, 2.24) is 10.2 Å². The van der Waals surface area contributed by atoms with Crippen LogP contribution in [-0.2, 0) is 4.74 Å². The molecule has 5 nitrogen and oxygen atoms in total. The van der Waals surface area contributed by atoms with E-state index in [9.17, 15) is 4.79 Å². The predicted molar refractivity (Wildman–Crippen MR) is 103 cm³/mol. The molecule has 3 rings (SSSR count). The van der Waals surface area contributed by atoms with E-state index < -0.39 is 0 Å². The Morgan fingerprint density at radius 3 is 2.73 bits per heavy atom. The van der Waals surface area contributed by atoms with E-state index >= 15 is 0 Å². The molecule has 26 heavy (non-hydrogen) atoms. The SMILES string of the molecule is CCOCCOc1ccccc1C(=O)N1CCCC2(CCNCC2)CC1. The number of amides is 1. The van der Waals surface area contributed by atoms with Crippen LogP contribution in [-0.4, -0.2) is 56.8 Å². The maximum atomic E-state index is 13.1. The average molecular weight is 360 g/mol. The third-order valence-electron chi connectivity index (χ3n) is 5.81. The molecular weight excluding hydrogens is 328 g/mol. The van der Waals surface area contributed by atoms with E-state index in [2.05, 4.69) is 5.32 Å². The van der Waals surface area contributed by atoms with E-state index in [1.165, 1.54) is 19.3 Å². The van der Waals surface area contributed by atoms with Crippen molar-refractivity contribution in [3.05, 3.63) is 29.8 Å². The summed E-state index contributed by atoms with van der Waals surface area (Å²) in [6, 6.07) is 7.59. The van der Waals surface area contributed by atoms with Crippen molar-refractivity contribution in [3.8, 4) is 5.75 Å². The maximum Gasteiger partial charge on any atom is 0.257 e. The summed E-state index contributed by atoms with van der Waals surface area (Å²) in [4.78, 5) is 15.2. The molecule has 1 amide bonds.